The van der Waals surface area contributed by atoms with Crippen molar-refractivity contribution < 1.29 is 33.7 Å². The van der Waals surface area contributed by atoms with Crippen molar-refractivity contribution in [1.29, 1.82) is 0 Å². The summed E-state index contributed by atoms with van der Waals surface area (Å²) in [5.41, 5.74) is -1.77. The lowest BCUT2D eigenvalue weighted by Crippen LogP contribution is -2.57. The average Bonchev–Trinajstić information content (AvgIpc) is 3.51. The first-order valence-corrected chi connectivity index (χ1v) is 11.3. The largest absolute Gasteiger partial charge is 0.459 e. The van der Waals surface area contributed by atoms with Crippen molar-refractivity contribution in [2.75, 3.05) is 6.61 Å². The van der Waals surface area contributed by atoms with E-state index in [2.05, 4.69) is 13.8 Å². The van der Waals surface area contributed by atoms with Crippen LogP contribution < -0.4 is 0 Å². The van der Waals surface area contributed by atoms with E-state index in [0.29, 0.717) is 24.5 Å². The van der Waals surface area contributed by atoms with Crippen molar-refractivity contribution in [2.45, 2.75) is 84.2 Å². The average molecular weight is 435 g/mol. The molecule has 0 unspecified atom stereocenters. The van der Waals surface area contributed by atoms with Crippen LogP contribution in [-0.2, 0) is 28.6 Å². The van der Waals surface area contributed by atoms with Gasteiger partial charge in [0.05, 0.1) is 18.6 Å². The normalized spacial score (nSPS) is 47.3. The molecule has 0 bridgehead atoms. The molecule has 1 saturated heterocycles. The molecule has 172 valence electrons. The van der Waals surface area contributed by atoms with Gasteiger partial charge < -0.3 is 19.3 Å². The van der Waals surface area contributed by atoms with Gasteiger partial charge in [0.2, 0.25) is 5.78 Å². The van der Waals surface area contributed by atoms with Crippen molar-refractivity contribution in [3.8, 4) is 0 Å². The minimum atomic E-state index is -1.59. The highest BCUT2D eigenvalue weighted by molar-refractivity contribution is 6.03. The smallest absolute Gasteiger partial charge is 0.303 e. The summed E-state index contributed by atoms with van der Waals surface area (Å²) in [6, 6.07) is 0. The summed E-state index contributed by atoms with van der Waals surface area (Å²) < 4.78 is 17.5. The second-order valence-corrected chi connectivity index (χ2v) is 10.7. The number of hydrogen-bond acceptors (Lipinski definition) is 7. The number of fused-ring (bicyclic) bond motifs is 2. The number of ether oxygens (including phenoxy) is 3. The Balaban J connectivity index is 1.88. The first-order chi connectivity index (χ1) is 14.4. The standard InChI is InChI=1S/C24H34O7/c1-12-9-17-16(22(17,5)6)7-8-23(11-29-23)21(30-14(3)25)18-19(27)13(2)10-24(18,20(12)28)31-15(4)26/h9,13,16-19,21,27H,7-8,10-11H2,1-6H3/b12-9+/t13-,16-,17+,18+,19-,21+,23-,24+/m0/s1. The SMILES string of the molecule is CC(=O)O[C@@H]1[C@H]2[C@@H](O)[C@@H](C)C[C@]2(OC(C)=O)C(=O)/C(C)=C/[C@@H]2[C@H](CC[C@]13CO3)C2(C)C. The minimum Gasteiger partial charge on any atom is -0.459 e. The van der Waals surface area contributed by atoms with Crippen LogP contribution in [-0.4, -0.2) is 52.8 Å². The molecule has 3 aliphatic carbocycles. The molecule has 4 aliphatic rings. The number of hydrogen-bond donors (Lipinski definition) is 1. The third kappa shape index (κ3) is 3.44. The van der Waals surface area contributed by atoms with Crippen LogP contribution in [0.1, 0.15) is 60.8 Å². The Morgan fingerprint density at radius 3 is 2.42 bits per heavy atom. The molecule has 0 radical (unpaired) electrons. The van der Waals surface area contributed by atoms with E-state index in [9.17, 15) is 19.5 Å². The summed E-state index contributed by atoms with van der Waals surface area (Å²) in [4.78, 5) is 38.2. The number of rotatable bonds is 2. The van der Waals surface area contributed by atoms with E-state index in [4.69, 9.17) is 14.2 Å². The molecule has 0 amide bonds. The number of carbonyl (C=O) groups is 3. The molecular formula is C24H34O7. The maximum atomic E-state index is 13.9. The van der Waals surface area contributed by atoms with Crippen LogP contribution in [0.5, 0.6) is 0 Å². The van der Waals surface area contributed by atoms with Gasteiger partial charge in [-0.2, -0.15) is 0 Å². The zero-order valence-electron chi connectivity index (χ0n) is 19.3. The van der Waals surface area contributed by atoms with Crippen molar-refractivity contribution in [1.82, 2.24) is 0 Å². The Morgan fingerprint density at radius 1 is 1.23 bits per heavy atom. The van der Waals surface area contributed by atoms with Gasteiger partial charge in [-0.3, -0.25) is 14.4 Å². The number of ketones is 1. The predicted molar refractivity (Wildman–Crippen MR) is 111 cm³/mol. The molecule has 2 saturated carbocycles. The van der Waals surface area contributed by atoms with Crippen LogP contribution in [0.2, 0.25) is 0 Å². The lowest BCUT2D eigenvalue weighted by atomic mass is 9.74. The third-order valence-corrected chi connectivity index (χ3v) is 8.28. The summed E-state index contributed by atoms with van der Waals surface area (Å²) >= 11 is 0. The first kappa shape index (κ1) is 22.5. The zero-order chi connectivity index (χ0) is 22.9. The van der Waals surface area contributed by atoms with Crippen molar-refractivity contribution in [2.24, 2.45) is 29.1 Å². The maximum absolute atomic E-state index is 13.9. The van der Waals surface area contributed by atoms with Crippen LogP contribution in [0.3, 0.4) is 0 Å². The van der Waals surface area contributed by atoms with Gasteiger partial charge in [0.15, 0.2) is 5.60 Å². The lowest BCUT2D eigenvalue weighted by molar-refractivity contribution is -0.186. The molecule has 1 heterocycles. The first-order valence-electron chi connectivity index (χ1n) is 11.3. The molecule has 0 aromatic carbocycles. The fourth-order valence-electron chi connectivity index (χ4n) is 6.42. The van der Waals surface area contributed by atoms with Gasteiger partial charge in [0, 0.05) is 20.3 Å². The van der Waals surface area contributed by atoms with Crippen LogP contribution in [0.15, 0.2) is 11.6 Å². The number of Topliss-reactive ketones (excluding diaryl/α,β-unsaturated/α-hetero) is 1. The molecule has 1 N–H and O–H groups in total. The number of allylic oxidation sites excluding steroid dienone is 1. The highest BCUT2D eigenvalue weighted by Crippen LogP contribution is 2.63. The molecule has 7 heteroatoms. The van der Waals surface area contributed by atoms with E-state index in [0.717, 1.165) is 6.42 Å². The topological polar surface area (TPSA) is 102 Å². The van der Waals surface area contributed by atoms with Gasteiger partial charge >= 0.3 is 11.9 Å². The molecule has 8 atom stereocenters. The van der Waals surface area contributed by atoms with Crippen molar-refractivity contribution in [3.63, 3.8) is 0 Å². The number of carbonyl (C=O) groups excluding carboxylic acids is 3. The summed E-state index contributed by atoms with van der Waals surface area (Å²) in [6.07, 6.45) is 1.86. The van der Waals surface area contributed by atoms with E-state index in [1.165, 1.54) is 13.8 Å². The fourth-order valence-corrected chi connectivity index (χ4v) is 6.42. The molecule has 0 aromatic heterocycles. The summed E-state index contributed by atoms with van der Waals surface area (Å²) in [6.45, 7) is 10.9. The molecule has 1 aliphatic heterocycles. The predicted octanol–water partition coefficient (Wildman–Crippen LogP) is 2.59. The Morgan fingerprint density at radius 2 is 1.87 bits per heavy atom. The van der Waals surface area contributed by atoms with Gasteiger partial charge in [0.25, 0.3) is 0 Å². The van der Waals surface area contributed by atoms with E-state index in [1.54, 1.807) is 6.92 Å². The quantitative estimate of drug-likeness (QED) is 0.526. The second kappa shape index (κ2) is 7.14. The molecule has 1 spiro atoms. The van der Waals surface area contributed by atoms with E-state index in [1.807, 2.05) is 13.0 Å². The number of aliphatic hydroxyl groups is 1. The van der Waals surface area contributed by atoms with Gasteiger partial charge in [-0.05, 0) is 48.5 Å². The molecule has 3 fully saturated rings. The molecule has 0 aromatic rings. The maximum Gasteiger partial charge on any atom is 0.303 e. The lowest BCUT2D eigenvalue weighted by Gasteiger charge is -2.40. The monoisotopic (exact) mass is 434 g/mol. The summed E-state index contributed by atoms with van der Waals surface area (Å²) in [7, 11) is 0. The third-order valence-electron chi connectivity index (χ3n) is 8.28. The number of aliphatic hydroxyl groups excluding tert-OH is 1. The van der Waals surface area contributed by atoms with E-state index < -0.39 is 41.3 Å². The fraction of sp³-hybridized carbons (Fsp3) is 0.792. The van der Waals surface area contributed by atoms with E-state index in [-0.39, 0.29) is 29.5 Å². The van der Waals surface area contributed by atoms with Crippen molar-refractivity contribution in [3.05, 3.63) is 11.6 Å². The number of esters is 2. The summed E-state index contributed by atoms with van der Waals surface area (Å²) in [5, 5.41) is 11.2. The van der Waals surface area contributed by atoms with Crippen LogP contribution in [0.25, 0.3) is 0 Å². The molecule has 4 rings (SSSR count). The Kier molecular flexibility index (Phi) is 5.17. The van der Waals surface area contributed by atoms with Crippen molar-refractivity contribution >= 4 is 17.7 Å². The summed E-state index contributed by atoms with van der Waals surface area (Å²) in [5.74, 6) is -2.00. The minimum absolute atomic E-state index is 0.0597. The highest BCUT2D eigenvalue weighted by atomic mass is 16.6. The van der Waals surface area contributed by atoms with Gasteiger partial charge in [-0.25, -0.2) is 0 Å². The van der Waals surface area contributed by atoms with Gasteiger partial charge in [-0.15, -0.1) is 0 Å². The van der Waals surface area contributed by atoms with Gasteiger partial charge in [-0.1, -0.05) is 26.8 Å². The van der Waals surface area contributed by atoms with Gasteiger partial charge in [0.1, 0.15) is 11.7 Å². The Hall–Kier alpha value is -1.73. The zero-order valence-corrected chi connectivity index (χ0v) is 19.3. The second-order valence-electron chi connectivity index (χ2n) is 10.7. The molecular weight excluding hydrogens is 400 g/mol. The Bertz CT molecular complexity index is 839. The highest BCUT2D eigenvalue weighted by Gasteiger charge is 2.70. The van der Waals surface area contributed by atoms with Crippen LogP contribution >= 0.6 is 0 Å². The number of epoxide rings is 1. The van der Waals surface area contributed by atoms with Crippen LogP contribution in [0.4, 0.5) is 0 Å². The van der Waals surface area contributed by atoms with Crippen LogP contribution in [0, 0.1) is 29.1 Å². The molecule has 7 nitrogen and oxygen atoms in total. The van der Waals surface area contributed by atoms with E-state index >= 15 is 0 Å². The Labute approximate surface area is 183 Å². The molecule has 31 heavy (non-hydrogen) atoms.